The number of hydrogen-bond donors (Lipinski definition) is 2. The Morgan fingerprint density at radius 2 is 1.98 bits per heavy atom. The van der Waals surface area contributed by atoms with Gasteiger partial charge in [-0.25, -0.2) is 4.39 Å². The lowest BCUT2D eigenvalue weighted by Gasteiger charge is -2.28. The van der Waals surface area contributed by atoms with Crippen molar-refractivity contribution in [1.82, 2.24) is 15.1 Å². The quantitative estimate of drug-likeness (QED) is 0.132. The number of halogens is 4. The smallest absolute Gasteiger partial charge is 0.405 e. The molecule has 0 saturated carbocycles. The van der Waals surface area contributed by atoms with E-state index >= 15 is 4.39 Å². The van der Waals surface area contributed by atoms with Gasteiger partial charge in [-0.1, -0.05) is 37.2 Å². The van der Waals surface area contributed by atoms with E-state index in [9.17, 15) is 13.2 Å². The molecule has 4 rings (SSSR count). The summed E-state index contributed by atoms with van der Waals surface area (Å²) < 4.78 is 62.3. The van der Waals surface area contributed by atoms with Crippen molar-refractivity contribution < 1.29 is 22.3 Å². The first-order valence-corrected chi connectivity index (χ1v) is 16.4. The largest absolute Gasteiger partial charge is 0.495 e. The molecule has 0 radical (unpaired) electrons. The van der Waals surface area contributed by atoms with Gasteiger partial charge in [0.1, 0.15) is 28.5 Å². The molecule has 1 aliphatic heterocycles. The number of hydrogen-bond acceptors (Lipinski definition) is 9. The van der Waals surface area contributed by atoms with Crippen molar-refractivity contribution in [1.29, 1.82) is 0 Å². The summed E-state index contributed by atoms with van der Waals surface area (Å²) >= 11 is 2.90. The summed E-state index contributed by atoms with van der Waals surface area (Å²) in [5.74, 6) is 0.692. The van der Waals surface area contributed by atoms with Crippen LogP contribution in [0.5, 0.6) is 5.75 Å². The molecule has 2 aromatic carbocycles. The van der Waals surface area contributed by atoms with Crippen LogP contribution in [0.1, 0.15) is 47.8 Å². The predicted octanol–water partition coefficient (Wildman–Crippen LogP) is 7.42. The third kappa shape index (κ3) is 8.66. The van der Waals surface area contributed by atoms with Gasteiger partial charge < -0.3 is 25.2 Å². The number of thioether (sulfide) groups is 1. The first-order chi connectivity index (χ1) is 20.5. The van der Waals surface area contributed by atoms with Crippen LogP contribution in [0.3, 0.4) is 0 Å². The van der Waals surface area contributed by atoms with E-state index in [2.05, 4.69) is 27.8 Å². The molecule has 0 amide bonds. The molecule has 236 valence electrons. The minimum atomic E-state index is -4.42. The number of aromatic nitrogens is 2. The molecule has 7 nitrogen and oxygen atoms in total. The molecular weight excluding hydrogens is 600 g/mol. The van der Waals surface area contributed by atoms with Crippen molar-refractivity contribution in [2.24, 2.45) is 0 Å². The lowest BCUT2D eigenvalue weighted by Crippen LogP contribution is -2.38. The molecule has 3 unspecified atom stereocenters. The Labute approximate surface area is 259 Å². The van der Waals surface area contributed by atoms with Gasteiger partial charge in [-0.3, -0.25) is 0 Å². The average Bonchev–Trinajstić information content (AvgIpc) is 3.58. The highest BCUT2D eigenvalue weighted by Gasteiger charge is 2.41. The van der Waals surface area contributed by atoms with Gasteiger partial charge in [-0.2, -0.15) is 13.2 Å². The predicted molar refractivity (Wildman–Crippen MR) is 169 cm³/mol. The van der Waals surface area contributed by atoms with Gasteiger partial charge in [0.05, 0.1) is 31.4 Å². The first kappa shape index (κ1) is 33.1. The second kappa shape index (κ2) is 14.8. The molecule has 13 heteroatoms. The molecule has 3 aromatic rings. The van der Waals surface area contributed by atoms with Crippen molar-refractivity contribution in [2.45, 2.75) is 68.5 Å². The van der Waals surface area contributed by atoms with Crippen molar-refractivity contribution >= 4 is 40.2 Å². The highest BCUT2D eigenvalue weighted by Crippen LogP contribution is 2.46. The molecule has 0 spiro atoms. The summed E-state index contributed by atoms with van der Waals surface area (Å²) in [5.41, 5.74) is 2.68. The molecule has 0 saturated heterocycles. The molecular formula is C30H40F4N6OS2. The van der Waals surface area contributed by atoms with E-state index in [0.717, 1.165) is 29.0 Å². The minimum Gasteiger partial charge on any atom is -0.495 e. The van der Waals surface area contributed by atoms with E-state index in [1.54, 1.807) is 35.9 Å². The number of ether oxygens (including phenoxy) is 1. The van der Waals surface area contributed by atoms with Crippen LogP contribution >= 0.6 is 23.1 Å². The van der Waals surface area contributed by atoms with Crippen molar-refractivity contribution in [3.8, 4) is 5.75 Å². The number of methoxy groups -OCH3 is 1. The van der Waals surface area contributed by atoms with Gasteiger partial charge >= 0.3 is 6.18 Å². The van der Waals surface area contributed by atoms with Crippen LogP contribution in [0, 0.1) is 0 Å². The fraction of sp³-hybridized carbons (Fsp3) is 0.533. The Hall–Kier alpha value is -2.77. The second-order valence-corrected chi connectivity index (χ2v) is 12.9. The maximum Gasteiger partial charge on any atom is 0.405 e. The van der Waals surface area contributed by atoms with Gasteiger partial charge in [0.15, 0.2) is 0 Å². The fourth-order valence-electron chi connectivity index (χ4n) is 5.31. The maximum atomic E-state index is 15.3. The summed E-state index contributed by atoms with van der Waals surface area (Å²) in [5, 5.41) is 16.5. The van der Waals surface area contributed by atoms with Crippen LogP contribution in [0.2, 0.25) is 0 Å². The van der Waals surface area contributed by atoms with Gasteiger partial charge in [0, 0.05) is 34.8 Å². The van der Waals surface area contributed by atoms with Gasteiger partial charge in [0.25, 0.3) is 0 Å². The topological polar surface area (TPSA) is 65.6 Å². The molecule has 2 N–H and O–H groups in total. The van der Waals surface area contributed by atoms with Crippen molar-refractivity contribution in [3.05, 3.63) is 52.0 Å². The van der Waals surface area contributed by atoms with E-state index in [1.807, 2.05) is 44.6 Å². The summed E-state index contributed by atoms with van der Waals surface area (Å²) in [6.45, 7) is 1.54. The summed E-state index contributed by atoms with van der Waals surface area (Å²) in [6.07, 6.45) is -0.856. The van der Waals surface area contributed by atoms with Crippen LogP contribution in [0.4, 0.5) is 34.6 Å². The van der Waals surface area contributed by atoms with Gasteiger partial charge in [-0.05, 0) is 57.1 Å². The molecule has 0 aliphatic carbocycles. The molecule has 1 aromatic heterocycles. The van der Waals surface area contributed by atoms with Crippen LogP contribution in [0.15, 0.2) is 41.3 Å². The lowest BCUT2D eigenvalue weighted by atomic mass is 10.0. The highest BCUT2D eigenvalue weighted by atomic mass is 32.2. The number of rotatable bonds is 15. The standard InChI is InChI=1S/C30H40F4N6OS2/c1-6-7-9-23(21(31)17-39(2)3)36-22-10-8-11-25-20(22)15-26(40(25)18-30(32,33)34)29-38-37-28(43-29)16-35-24-13-12-19(42-5)14-27(24)41-4/h8,10-14,21,23,26,35-36H,6-7,9,15-18H2,1-5H3. The van der Waals surface area contributed by atoms with E-state index < -0.39 is 31.0 Å². The number of benzene rings is 2. The Morgan fingerprint density at radius 3 is 2.65 bits per heavy atom. The maximum absolute atomic E-state index is 15.3. The monoisotopic (exact) mass is 640 g/mol. The van der Waals surface area contributed by atoms with E-state index in [-0.39, 0.29) is 6.54 Å². The fourth-order valence-corrected chi connectivity index (χ4v) is 6.63. The van der Waals surface area contributed by atoms with E-state index in [1.165, 1.54) is 16.2 Å². The van der Waals surface area contributed by atoms with Crippen LogP contribution in [0.25, 0.3) is 0 Å². The molecule has 43 heavy (non-hydrogen) atoms. The first-order valence-electron chi connectivity index (χ1n) is 14.3. The zero-order chi connectivity index (χ0) is 31.1. The van der Waals surface area contributed by atoms with Gasteiger partial charge in [0.2, 0.25) is 0 Å². The molecule has 2 heterocycles. The molecule has 0 bridgehead atoms. The Bertz CT molecular complexity index is 1340. The molecule has 1 aliphatic rings. The molecule has 3 atom stereocenters. The van der Waals surface area contributed by atoms with Crippen molar-refractivity contribution in [2.75, 3.05) is 56.1 Å². The average molecular weight is 641 g/mol. The highest BCUT2D eigenvalue weighted by molar-refractivity contribution is 7.98. The molecule has 0 fully saturated rings. The lowest BCUT2D eigenvalue weighted by molar-refractivity contribution is -0.120. The zero-order valence-corrected chi connectivity index (χ0v) is 26.8. The summed E-state index contributed by atoms with van der Waals surface area (Å²) in [4.78, 5) is 4.23. The van der Waals surface area contributed by atoms with Crippen LogP contribution in [-0.4, -0.2) is 74.0 Å². The van der Waals surface area contributed by atoms with Crippen LogP contribution in [-0.2, 0) is 13.0 Å². The second-order valence-electron chi connectivity index (χ2n) is 10.9. The summed E-state index contributed by atoms with van der Waals surface area (Å²) in [6, 6.07) is 10.0. The number of unbranched alkanes of at least 4 members (excludes halogenated alkanes) is 1. The third-order valence-electron chi connectivity index (χ3n) is 7.38. The number of fused-ring (bicyclic) bond motifs is 1. The number of alkyl halides is 4. The number of nitrogens with one attached hydrogen (secondary N) is 2. The normalized spacial score (nSPS) is 16.3. The van der Waals surface area contributed by atoms with E-state index in [4.69, 9.17) is 4.74 Å². The third-order valence-corrected chi connectivity index (χ3v) is 9.13. The number of nitrogens with zero attached hydrogens (tertiary/aromatic N) is 4. The SMILES string of the molecule is CCCCC(Nc1cccc2c1CC(c1nnc(CNc3ccc(SC)cc3OC)s1)N2CC(F)(F)F)C(F)CN(C)C. The zero-order valence-electron chi connectivity index (χ0n) is 25.2. The Morgan fingerprint density at radius 1 is 1.19 bits per heavy atom. The Kier molecular flexibility index (Phi) is 11.4. The number of anilines is 3. The van der Waals surface area contributed by atoms with Crippen molar-refractivity contribution in [3.63, 3.8) is 0 Å². The summed E-state index contributed by atoms with van der Waals surface area (Å²) in [7, 11) is 5.26. The Balaban J connectivity index is 1.57. The minimum absolute atomic E-state index is 0.258. The van der Waals surface area contributed by atoms with Gasteiger partial charge in [-0.15, -0.1) is 22.0 Å². The van der Waals surface area contributed by atoms with Crippen LogP contribution < -0.4 is 20.3 Å². The van der Waals surface area contributed by atoms with E-state index in [0.29, 0.717) is 46.5 Å².